The third-order valence-electron chi connectivity index (χ3n) is 4.02. The van der Waals surface area contributed by atoms with Gasteiger partial charge in [0, 0.05) is 19.1 Å². The second-order valence-electron chi connectivity index (χ2n) is 5.45. The summed E-state index contributed by atoms with van der Waals surface area (Å²) in [4.78, 5) is 13.0. The predicted molar refractivity (Wildman–Crippen MR) is 76.4 cm³/mol. The minimum atomic E-state index is -0.775. The molecule has 1 heterocycles. The molecular formula is C15H29NO3. The summed E-state index contributed by atoms with van der Waals surface area (Å²) in [5, 5.41) is 8.58. The van der Waals surface area contributed by atoms with Crippen LogP contribution in [0.15, 0.2) is 0 Å². The van der Waals surface area contributed by atoms with Gasteiger partial charge in [-0.3, -0.25) is 4.79 Å². The fourth-order valence-corrected chi connectivity index (χ4v) is 2.81. The molecule has 1 aliphatic heterocycles. The van der Waals surface area contributed by atoms with Crippen molar-refractivity contribution in [2.75, 3.05) is 19.7 Å². The van der Waals surface area contributed by atoms with Crippen molar-refractivity contribution in [1.29, 1.82) is 0 Å². The minimum absolute atomic E-state index is 0.119. The number of hydrogen-bond donors (Lipinski definition) is 1. The molecule has 1 N–H and O–H groups in total. The van der Waals surface area contributed by atoms with Gasteiger partial charge in [-0.25, -0.2) is 0 Å². The molecule has 4 nitrogen and oxygen atoms in total. The highest BCUT2D eigenvalue weighted by molar-refractivity contribution is 5.66. The van der Waals surface area contributed by atoms with E-state index in [1.54, 1.807) is 0 Å². The largest absolute Gasteiger partial charge is 0.481 e. The van der Waals surface area contributed by atoms with Gasteiger partial charge < -0.3 is 14.7 Å². The van der Waals surface area contributed by atoms with Crippen LogP contribution < -0.4 is 0 Å². The zero-order valence-corrected chi connectivity index (χ0v) is 12.4. The zero-order valence-electron chi connectivity index (χ0n) is 12.4. The van der Waals surface area contributed by atoms with Crippen LogP contribution in [0.2, 0.25) is 0 Å². The van der Waals surface area contributed by atoms with E-state index in [2.05, 4.69) is 18.7 Å². The highest BCUT2D eigenvalue weighted by Crippen LogP contribution is 2.20. The van der Waals surface area contributed by atoms with Crippen LogP contribution >= 0.6 is 0 Å². The predicted octanol–water partition coefficient (Wildman–Crippen LogP) is 2.91. The number of nitrogens with zero attached hydrogens (tertiary/aromatic N) is 1. The fraction of sp³-hybridized carbons (Fsp3) is 0.933. The first kappa shape index (κ1) is 16.4. The Morgan fingerprint density at radius 3 is 2.58 bits per heavy atom. The average Bonchev–Trinajstić information content (AvgIpc) is 2.41. The first-order valence-electron chi connectivity index (χ1n) is 7.74. The minimum Gasteiger partial charge on any atom is -0.481 e. The standard InChI is InChI=1S/C15H29NO3/c1-3-5-6-13(4-2)16-10-7-14(8-11-16)19-12-9-15(17)18/h13-14H,3-12H2,1-2H3,(H,17,18). The van der Waals surface area contributed by atoms with E-state index < -0.39 is 5.97 Å². The average molecular weight is 271 g/mol. The monoisotopic (exact) mass is 271 g/mol. The molecule has 112 valence electrons. The molecule has 1 saturated heterocycles. The lowest BCUT2D eigenvalue weighted by Crippen LogP contribution is -2.43. The molecule has 1 fully saturated rings. The maximum absolute atomic E-state index is 10.4. The molecule has 0 aromatic rings. The van der Waals surface area contributed by atoms with Gasteiger partial charge in [-0.05, 0) is 25.7 Å². The van der Waals surface area contributed by atoms with Crippen LogP contribution in [0.5, 0.6) is 0 Å². The Morgan fingerprint density at radius 2 is 2.05 bits per heavy atom. The zero-order chi connectivity index (χ0) is 14.1. The lowest BCUT2D eigenvalue weighted by atomic mass is 10.0. The normalized spacial score (nSPS) is 19.5. The SMILES string of the molecule is CCCCC(CC)N1CCC(OCCC(=O)O)CC1. The molecule has 0 bridgehead atoms. The summed E-state index contributed by atoms with van der Waals surface area (Å²) in [5.41, 5.74) is 0. The molecule has 1 rings (SSSR count). The van der Waals surface area contributed by atoms with Crippen molar-refractivity contribution < 1.29 is 14.6 Å². The molecule has 0 aliphatic carbocycles. The van der Waals surface area contributed by atoms with E-state index in [9.17, 15) is 4.79 Å². The number of unbranched alkanes of at least 4 members (excludes halogenated alkanes) is 1. The molecule has 0 aromatic carbocycles. The number of aliphatic carboxylic acids is 1. The van der Waals surface area contributed by atoms with Gasteiger partial charge in [0.05, 0.1) is 19.1 Å². The van der Waals surface area contributed by atoms with Gasteiger partial charge in [0.15, 0.2) is 0 Å². The quantitative estimate of drug-likeness (QED) is 0.700. The number of carbonyl (C=O) groups is 1. The highest BCUT2D eigenvalue weighted by Gasteiger charge is 2.24. The molecule has 19 heavy (non-hydrogen) atoms. The summed E-state index contributed by atoms with van der Waals surface area (Å²) in [5.74, 6) is -0.775. The van der Waals surface area contributed by atoms with E-state index in [0.717, 1.165) is 32.0 Å². The summed E-state index contributed by atoms with van der Waals surface area (Å²) in [6.45, 7) is 7.07. The summed E-state index contributed by atoms with van der Waals surface area (Å²) in [7, 11) is 0. The third kappa shape index (κ3) is 6.39. The van der Waals surface area contributed by atoms with E-state index >= 15 is 0 Å². The lowest BCUT2D eigenvalue weighted by Gasteiger charge is -2.37. The summed E-state index contributed by atoms with van der Waals surface area (Å²) in [6, 6.07) is 0.722. The number of ether oxygens (including phenoxy) is 1. The van der Waals surface area contributed by atoms with Crippen molar-refractivity contribution in [2.24, 2.45) is 0 Å². The van der Waals surface area contributed by atoms with Crippen molar-refractivity contribution in [1.82, 2.24) is 4.90 Å². The van der Waals surface area contributed by atoms with Crippen LogP contribution in [0.3, 0.4) is 0 Å². The highest BCUT2D eigenvalue weighted by atomic mass is 16.5. The molecular weight excluding hydrogens is 242 g/mol. The molecule has 4 heteroatoms. The molecule has 1 unspecified atom stereocenters. The fourth-order valence-electron chi connectivity index (χ4n) is 2.81. The van der Waals surface area contributed by atoms with Crippen molar-refractivity contribution in [3.63, 3.8) is 0 Å². The maximum Gasteiger partial charge on any atom is 0.305 e. The van der Waals surface area contributed by atoms with Crippen molar-refractivity contribution in [3.8, 4) is 0 Å². The van der Waals surface area contributed by atoms with E-state index in [0.29, 0.717) is 6.61 Å². The Hall–Kier alpha value is -0.610. The number of carboxylic acids is 1. The molecule has 0 aromatic heterocycles. The second kappa shape index (κ2) is 9.32. The van der Waals surface area contributed by atoms with Crippen LogP contribution in [-0.2, 0) is 9.53 Å². The summed E-state index contributed by atoms with van der Waals surface area (Å²) < 4.78 is 5.63. The van der Waals surface area contributed by atoms with E-state index in [1.807, 2.05) is 0 Å². The topological polar surface area (TPSA) is 49.8 Å². The smallest absolute Gasteiger partial charge is 0.305 e. The molecule has 0 amide bonds. The molecule has 1 aliphatic rings. The van der Waals surface area contributed by atoms with E-state index in [-0.39, 0.29) is 12.5 Å². The van der Waals surface area contributed by atoms with Crippen LogP contribution in [-0.4, -0.2) is 47.8 Å². The number of likely N-dealkylation sites (tertiary alicyclic amines) is 1. The van der Waals surface area contributed by atoms with Crippen molar-refractivity contribution >= 4 is 5.97 Å². The molecule has 0 saturated carbocycles. The summed E-state index contributed by atoms with van der Waals surface area (Å²) >= 11 is 0. The first-order valence-corrected chi connectivity index (χ1v) is 7.74. The van der Waals surface area contributed by atoms with E-state index in [4.69, 9.17) is 9.84 Å². The van der Waals surface area contributed by atoms with Gasteiger partial charge in [-0.1, -0.05) is 26.7 Å². The van der Waals surface area contributed by atoms with Gasteiger partial charge >= 0.3 is 5.97 Å². The van der Waals surface area contributed by atoms with Crippen LogP contribution in [0.25, 0.3) is 0 Å². The van der Waals surface area contributed by atoms with Gasteiger partial charge in [0.2, 0.25) is 0 Å². The van der Waals surface area contributed by atoms with Gasteiger partial charge in [0.1, 0.15) is 0 Å². The van der Waals surface area contributed by atoms with Gasteiger partial charge in [0.25, 0.3) is 0 Å². The van der Waals surface area contributed by atoms with Crippen molar-refractivity contribution in [3.05, 3.63) is 0 Å². The van der Waals surface area contributed by atoms with Gasteiger partial charge in [-0.2, -0.15) is 0 Å². The number of piperidine rings is 1. The Labute approximate surface area is 117 Å². The Kier molecular flexibility index (Phi) is 8.07. The molecule has 1 atom stereocenters. The lowest BCUT2D eigenvalue weighted by molar-refractivity contribution is -0.138. The maximum atomic E-state index is 10.4. The number of carboxylic acid groups (broad SMARTS) is 1. The Bertz CT molecular complexity index is 250. The van der Waals surface area contributed by atoms with Crippen LogP contribution in [0.1, 0.15) is 58.8 Å². The summed E-state index contributed by atoms with van der Waals surface area (Å²) in [6.07, 6.45) is 7.58. The van der Waals surface area contributed by atoms with Crippen molar-refractivity contribution in [2.45, 2.75) is 70.9 Å². The molecule has 0 radical (unpaired) electrons. The van der Waals surface area contributed by atoms with Crippen LogP contribution in [0.4, 0.5) is 0 Å². The molecule has 0 spiro atoms. The third-order valence-corrected chi connectivity index (χ3v) is 4.02. The van der Waals surface area contributed by atoms with E-state index in [1.165, 1.54) is 25.7 Å². The number of rotatable bonds is 9. The number of hydrogen-bond acceptors (Lipinski definition) is 3. The Morgan fingerprint density at radius 1 is 1.37 bits per heavy atom. The van der Waals surface area contributed by atoms with Gasteiger partial charge in [-0.15, -0.1) is 0 Å². The first-order chi connectivity index (χ1) is 9.17. The second-order valence-corrected chi connectivity index (χ2v) is 5.45. The Balaban J connectivity index is 2.21. The van der Waals surface area contributed by atoms with Crippen LogP contribution in [0, 0.1) is 0 Å².